The number of nitrogens with one attached hydrogen (secondary N) is 1. The van der Waals surface area contributed by atoms with Crippen molar-refractivity contribution < 1.29 is 9.53 Å². The van der Waals surface area contributed by atoms with Gasteiger partial charge in [-0.1, -0.05) is 12.1 Å². The van der Waals surface area contributed by atoms with Crippen molar-refractivity contribution >= 4 is 23.2 Å². The molecule has 2 aliphatic rings. The Bertz CT molecular complexity index is 1210. The molecule has 1 aromatic carbocycles. The number of fused-ring (bicyclic) bond motifs is 1. The summed E-state index contributed by atoms with van der Waals surface area (Å²) in [7, 11) is 0. The van der Waals surface area contributed by atoms with Crippen molar-refractivity contribution in [3.8, 4) is 17.0 Å². The normalized spacial score (nSPS) is 16.7. The zero-order chi connectivity index (χ0) is 23.9. The molecule has 0 aliphatic carbocycles. The molecule has 34 heavy (non-hydrogen) atoms. The largest absolute Gasteiger partial charge is 0.482 e. The third kappa shape index (κ3) is 4.55. The van der Waals surface area contributed by atoms with Crippen LogP contribution >= 0.6 is 0 Å². The van der Waals surface area contributed by atoms with Gasteiger partial charge in [0, 0.05) is 41.4 Å². The zero-order valence-corrected chi connectivity index (χ0v) is 20.3. The molecule has 0 saturated carbocycles. The van der Waals surface area contributed by atoms with Gasteiger partial charge in [0.25, 0.3) is 0 Å². The zero-order valence-electron chi connectivity index (χ0n) is 20.3. The molecule has 7 nitrogen and oxygen atoms in total. The van der Waals surface area contributed by atoms with E-state index in [0.29, 0.717) is 18.1 Å². The van der Waals surface area contributed by atoms with E-state index in [4.69, 9.17) is 9.72 Å². The summed E-state index contributed by atoms with van der Waals surface area (Å²) in [5.41, 5.74) is 4.95. The molecular weight excluding hydrogens is 426 g/mol. The second kappa shape index (κ2) is 8.63. The van der Waals surface area contributed by atoms with Gasteiger partial charge < -0.3 is 15.0 Å². The van der Waals surface area contributed by atoms with Gasteiger partial charge in [-0.05, 0) is 76.9 Å². The van der Waals surface area contributed by atoms with Crippen molar-refractivity contribution in [2.45, 2.75) is 46.1 Å². The van der Waals surface area contributed by atoms with Crippen LogP contribution < -0.4 is 19.9 Å². The molecule has 0 atom stereocenters. The topological polar surface area (TPSA) is 70.6 Å². The molecule has 0 radical (unpaired) electrons. The van der Waals surface area contributed by atoms with Crippen LogP contribution in [0.1, 0.15) is 38.1 Å². The molecule has 0 unspecified atom stereocenters. The molecule has 5 rings (SSSR count). The van der Waals surface area contributed by atoms with Crippen molar-refractivity contribution in [2.24, 2.45) is 0 Å². The maximum absolute atomic E-state index is 13.4. The molecule has 3 aromatic rings. The van der Waals surface area contributed by atoms with E-state index in [0.717, 1.165) is 41.4 Å². The lowest BCUT2D eigenvalue weighted by atomic mass is 10.1. The predicted molar refractivity (Wildman–Crippen MR) is 136 cm³/mol. The Morgan fingerprint density at radius 2 is 1.74 bits per heavy atom. The predicted octanol–water partition coefficient (Wildman–Crippen LogP) is 5.57. The Morgan fingerprint density at radius 3 is 2.47 bits per heavy atom. The van der Waals surface area contributed by atoms with E-state index in [1.165, 1.54) is 18.5 Å². The molecule has 2 aliphatic heterocycles. The summed E-state index contributed by atoms with van der Waals surface area (Å²) >= 11 is 0. The third-order valence-corrected chi connectivity index (χ3v) is 6.21. The Balaban J connectivity index is 1.48. The van der Waals surface area contributed by atoms with Gasteiger partial charge in [0.1, 0.15) is 5.60 Å². The number of carbonyl (C=O) groups excluding carboxylic acids is 1. The number of aryl methyl sites for hydroxylation is 2. The number of benzene rings is 1. The average Bonchev–Trinajstić information content (AvgIpc) is 3.32. The van der Waals surface area contributed by atoms with Crippen LogP contribution in [0.2, 0.25) is 0 Å². The molecule has 1 N–H and O–H groups in total. The molecular formula is C27H31N5O2. The SMILES string of the molecule is Cc1cc(NC(=O)N2CC(C)(C)Oc3ccc(-c4cccc(N5CCCC5)c4)nc32)cc(C)n1. The number of amides is 2. The lowest BCUT2D eigenvalue weighted by molar-refractivity contribution is 0.106. The van der Waals surface area contributed by atoms with Gasteiger partial charge >= 0.3 is 6.03 Å². The van der Waals surface area contributed by atoms with E-state index < -0.39 is 5.60 Å². The summed E-state index contributed by atoms with van der Waals surface area (Å²) in [6.07, 6.45) is 2.46. The molecule has 7 heteroatoms. The number of rotatable bonds is 3. The highest BCUT2D eigenvalue weighted by atomic mass is 16.5. The van der Waals surface area contributed by atoms with Crippen molar-refractivity contribution in [1.29, 1.82) is 0 Å². The van der Waals surface area contributed by atoms with E-state index >= 15 is 0 Å². The van der Waals surface area contributed by atoms with Gasteiger partial charge in [-0.15, -0.1) is 0 Å². The van der Waals surface area contributed by atoms with Crippen LogP contribution in [-0.4, -0.2) is 41.2 Å². The maximum Gasteiger partial charge on any atom is 0.327 e. The average molecular weight is 458 g/mol. The van der Waals surface area contributed by atoms with Crippen molar-refractivity contribution in [2.75, 3.05) is 34.8 Å². The highest BCUT2D eigenvalue weighted by molar-refractivity contribution is 6.02. The monoisotopic (exact) mass is 457 g/mol. The fraction of sp³-hybridized carbons (Fsp3) is 0.370. The number of pyridine rings is 2. The Kier molecular flexibility index (Phi) is 5.63. The van der Waals surface area contributed by atoms with Gasteiger partial charge in [0.05, 0.1) is 12.2 Å². The molecule has 2 aromatic heterocycles. The first-order chi connectivity index (χ1) is 16.3. The summed E-state index contributed by atoms with van der Waals surface area (Å²) in [6, 6.07) is 15.8. The van der Waals surface area contributed by atoms with Gasteiger partial charge in [-0.25, -0.2) is 9.78 Å². The quantitative estimate of drug-likeness (QED) is 0.557. The van der Waals surface area contributed by atoms with Gasteiger partial charge in [-0.2, -0.15) is 0 Å². The highest BCUT2D eigenvalue weighted by Gasteiger charge is 2.36. The van der Waals surface area contributed by atoms with E-state index in [-0.39, 0.29) is 6.03 Å². The lowest BCUT2D eigenvalue weighted by Gasteiger charge is -2.38. The van der Waals surface area contributed by atoms with E-state index in [1.807, 2.05) is 52.0 Å². The molecule has 176 valence electrons. The number of urea groups is 1. The summed E-state index contributed by atoms with van der Waals surface area (Å²) in [4.78, 5) is 26.8. The van der Waals surface area contributed by atoms with Gasteiger partial charge in [-0.3, -0.25) is 9.88 Å². The standard InChI is InChI=1S/C27H31N5O2/c1-18-14-21(15-19(2)28-18)29-26(33)32-17-27(3,4)34-24-11-10-23(30-25(24)32)20-8-7-9-22(16-20)31-12-5-6-13-31/h7-11,14-16H,5-6,12-13,17H2,1-4H3,(H,28,29,33). The van der Waals surface area contributed by atoms with Gasteiger partial charge in [0.2, 0.25) is 0 Å². The number of ether oxygens (including phenoxy) is 1. The molecule has 1 fully saturated rings. The first-order valence-corrected chi connectivity index (χ1v) is 11.9. The van der Waals surface area contributed by atoms with Crippen LogP contribution in [0.5, 0.6) is 5.75 Å². The van der Waals surface area contributed by atoms with Crippen molar-refractivity contribution in [3.05, 3.63) is 59.9 Å². The van der Waals surface area contributed by atoms with E-state index in [9.17, 15) is 4.79 Å². The molecule has 0 bridgehead atoms. The van der Waals surface area contributed by atoms with E-state index in [1.54, 1.807) is 4.90 Å². The van der Waals surface area contributed by atoms with Gasteiger partial charge in [0.15, 0.2) is 11.6 Å². The Labute approximate surface area is 200 Å². The van der Waals surface area contributed by atoms with Crippen LogP contribution in [0.25, 0.3) is 11.3 Å². The third-order valence-electron chi connectivity index (χ3n) is 6.21. The minimum absolute atomic E-state index is 0.238. The fourth-order valence-electron chi connectivity index (χ4n) is 4.76. The van der Waals surface area contributed by atoms with Crippen LogP contribution in [0, 0.1) is 13.8 Å². The second-order valence-electron chi connectivity index (χ2n) is 9.78. The van der Waals surface area contributed by atoms with Crippen LogP contribution in [-0.2, 0) is 0 Å². The van der Waals surface area contributed by atoms with Crippen LogP contribution in [0.15, 0.2) is 48.5 Å². The molecule has 2 amide bonds. The summed E-state index contributed by atoms with van der Waals surface area (Å²) < 4.78 is 6.18. The minimum Gasteiger partial charge on any atom is -0.482 e. The number of aromatic nitrogens is 2. The number of hydrogen-bond donors (Lipinski definition) is 1. The molecule has 4 heterocycles. The highest BCUT2D eigenvalue weighted by Crippen LogP contribution is 2.38. The number of nitrogens with zero attached hydrogens (tertiary/aromatic N) is 4. The number of carbonyl (C=O) groups is 1. The van der Waals surface area contributed by atoms with Crippen LogP contribution in [0.3, 0.4) is 0 Å². The van der Waals surface area contributed by atoms with Crippen LogP contribution in [0.4, 0.5) is 22.0 Å². The second-order valence-corrected chi connectivity index (χ2v) is 9.78. The first-order valence-electron chi connectivity index (χ1n) is 11.9. The lowest BCUT2D eigenvalue weighted by Crippen LogP contribution is -2.51. The summed E-state index contributed by atoms with van der Waals surface area (Å²) in [5, 5.41) is 3.02. The fourth-order valence-corrected chi connectivity index (χ4v) is 4.76. The number of hydrogen-bond acceptors (Lipinski definition) is 5. The van der Waals surface area contributed by atoms with Crippen molar-refractivity contribution in [1.82, 2.24) is 9.97 Å². The summed E-state index contributed by atoms with van der Waals surface area (Å²) in [6.45, 7) is 10.4. The summed E-state index contributed by atoms with van der Waals surface area (Å²) in [5.74, 6) is 1.14. The maximum atomic E-state index is 13.4. The Morgan fingerprint density at radius 1 is 1.00 bits per heavy atom. The first kappa shape index (κ1) is 22.2. The number of anilines is 3. The van der Waals surface area contributed by atoms with E-state index in [2.05, 4.69) is 39.5 Å². The Hall–Kier alpha value is -3.61. The molecule has 0 spiro atoms. The molecule has 1 saturated heterocycles. The van der Waals surface area contributed by atoms with Crippen molar-refractivity contribution in [3.63, 3.8) is 0 Å². The smallest absolute Gasteiger partial charge is 0.327 e. The minimum atomic E-state index is -0.534.